The van der Waals surface area contributed by atoms with Crippen LogP contribution in [0.3, 0.4) is 0 Å². The molecule has 1 saturated carbocycles. The normalized spacial score (nSPS) is 14.6. The van der Waals surface area contributed by atoms with Crippen molar-refractivity contribution < 1.29 is 27.9 Å². The quantitative estimate of drug-likeness (QED) is 0.239. The molecular weight excluding hydrogens is 525 g/mol. The number of hydrogen-bond acceptors (Lipinski definition) is 7. The summed E-state index contributed by atoms with van der Waals surface area (Å²) in [6.07, 6.45) is -1.21. The molecule has 2 N–H and O–H groups in total. The molecule has 0 radical (unpaired) electrons. The number of fused-ring (bicyclic) bond motifs is 1. The number of halogens is 3. The fourth-order valence-corrected chi connectivity index (χ4v) is 4.67. The number of rotatable bonds is 10. The lowest BCUT2D eigenvalue weighted by atomic mass is 9.80. The van der Waals surface area contributed by atoms with Gasteiger partial charge >= 0.3 is 12.1 Å². The van der Waals surface area contributed by atoms with E-state index in [0.717, 1.165) is 37.0 Å². The van der Waals surface area contributed by atoms with E-state index in [1.807, 2.05) is 37.3 Å². The van der Waals surface area contributed by atoms with Crippen LogP contribution in [0.5, 0.6) is 0 Å². The van der Waals surface area contributed by atoms with Crippen LogP contribution >= 0.6 is 0 Å². The first-order chi connectivity index (χ1) is 19.1. The van der Waals surface area contributed by atoms with Crippen LogP contribution in [0.4, 0.5) is 24.9 Å². The van der Waals surface area contributed by atoms with Gasteiger partial charge in [-0.2, -0.15) is 18.2 Å². The minimum atomic E-state index is -4.45. The number of imidazole rings is 1. The molecule has 1 aliphatic rings. The number of carboxylic acids is 1. The van der Waals surface area contributed by atoms with E-state index >= 15 is 0 Å². The summed E-state index contributed by atoms with van der Waals surface area (Å²) in [5.41, 5.74) is 1.31. The highest BCUT2D eigenvalue weighted by atomic mass is 19.4. The molecular formula is C28H29F3N6O3. The number of alkyl halides is 3. The van der Waals surface area contributed by atoms with Gasteiger partial charge in [0, 0.05) is 13.1 Å². The summed E-state index contributed by atoms with van der Waals surface area (Å²) in [7, 11) is 1.66. The number of nitrogens with zero attached hydrogens (tertiary/aromatic N) is 5. The molecule has 40 heavy (non-hydrogen) atoms. The zero-order chi connectivity index (χ0) is 28.4. The topological polar surface area (TPSA) is 105 Å². The van der Waals surface area contributed by atoms with E-state index in [2.05, 4.69) is 20.3 Å². The van der Waals surface area contributed by atoms with Crippen molar-refractivity contribution in [1.29, 1.82) is 0 Å². The highest BCUT2D eigenvalue weighted by Gasteiger charge is 2.31. The van der Waals surface area contributed by atoms with Gasteiger partial charge in [-0.1, -0.05) is 48.9 Å². The molecule has 0 aliphatic heterocycles. The van der Waals surface area contributed by atoms with Crippen molar-refractivity contribution in [3.8, 4) is 0 Å². The molecule has 0 unspecified atom stereocenters. The Morgan fingerprint density at radius 2 is 1.80 bits per heavy atom. The van der Waals surface area contributed by atoms with Crippen LogP contribution < -0.4 is 10.4 Å². The number of carbonyl (C=O) groups is 1. The molecule has 0 amide bonds. The Bertz CT molecular complexity index is 1490. The van der Waals surface area contributed by atoms with Crippen LogP contribution in [0.2, 0.25) is 0 Å². The van der Waals surface area contributed by atoms with Crippen LogP contribution in [0.15, 0.2) is 54.6 Å². The van der Waals surface area contributed by atoms with E-state index in [1.54, 1.807) is 11.6 Å². The van der Waals surface area contributed by atoms with Crippen molar-refractivity contribution in [3.05, 3.63) is 77.1 Å². The summed E-state index contributed by atoms with van der Waals surface area (Å²) >= 11 is 0. The first-order valence-electron chi connectivity index (χ1n) is 12.9. The Kier molecular flexibility index (Phi) is 7.61. The Balaban J connectivity index is 1.58. The number of carboxylic acid groups (broad SMARTS) is 1. The molecule has 4 aromatic rings. The van der Waals surface area contributed by atoms with E-state index in [1.165, 1.54) is 17.2 Å². The lowest BCUT2D eigenvalue weighted by Gasteiger charge is -2.32. The third kappa shape index (κ3) is 5.86. The summed E-state index contributed by atoms with van der Waals surface area (Å²) < 4.78 is 41.2. The minimum absolute atomic E-state index is 0.0124. The average Bonchev–Trinajstić information content (AvgIpc) is 3.25. The summed E-state index contributed by atoms with van der Waals surface area (Å²) in [6, 6.07) is 14.4. The van der Waals surface area contributed by atoms with Gasteiger partial charge in [-0.15, -0.1) is 0 Å². The van der Waals surface area contributed by atoms with Gasteiger partial charge in [-0.25, -0.2) is 19.8 Å². The monoisotopic (exact) mass is 554 g/mol. The highest BCUT2D eigenvalue weighted by molar-refractivity contribution is 5.91. The van der Waals surface area contributed by atoms with Gasteiger partial charge in [0.1, 0.15) is 12.1 Å². The number of aromatic nitrogens is 4. The first kappa shape index (κ1) is 27.4. The van der Waals surface area contributed by atoms with Gasteiger partial charge in [0.15, 0.2) is 11.5 Å². The second-order valence-electron chi connectivity index (χ2n) is 9.95. The third-order valence-corrected chi connectivity index (χ3v) is 7.17. The predicted molar refractivity (Wildman–Crippen MR) is 143 cm³/mol. The molecule has 0 bridgehead atoms. The number of aromatic carboxylic acids is 1. The fourth-order valence-electron chi connectivity index (χ4n) is 4.67. The molecule has 2 aromatic heterocycles. The highest BCUT2D eigenvalue weighted by Crippen LogP contribution is 2.34. The third-order valence-electron chi connectivity index (χ3n) is 7.17. The summed E-state index contributed by atoms with van der Waals surface area (Å²) in [5, 5.41) is 14.5. The van der Waals surface area contributed by atoms with Crippen LogP contribution in [-0.4, -0.2) is 43.7 Å². The fraction of sp³-hybridized carbons (Fsp3) is 0.357. The summed E-state index contributed by atoms with van der Waals surface area (Å²) in [4.78, 5) is 30.9. The van der Waals surface area contributed by atoms with Crippen LogP contribution in [0.1, 0.15) is 53.5 Å². The minimum Gasteiger partial charge on any atom is -0.475 e. The van der Waals surface area contributed by atoms with Gasteiger partial charge in [-0.3, -0.25) is 9.40 Å². The second-order valence-corrected chi connectivity index (χ2v) is 9.95. The lowest BCUT2D eigenvalue weighted by Crippen LogP contribution is -2.31. The molecule has 210 valence electrons. The largest absolute Gasteiger partial charge is 0.475 e. The SMILES string of the molecule is C[C@@H](Nc1nc(C(=O)O)nc2nc(N(C)OCc3ccccc3)n(Cc3ccc(C(F)(F)F)cc3)c12)C1CCC1. The van der Waals surface area contributed by atoms with Gasteiger partial charge in [-0.05, 0) is 48.9 Å². The van der Waals surface area contributed by atoms with E-state index in [4.69, 9.17) is 4.84 Å². The molecule has 0 saturated heterocycles. The van der Waals surface area contributed by atoms with Crippen LogP contribution in [0.25, 0.3) is 11.2 Å². The second kappa shape index (κ2) is 11.1. The van der Waals surface area contributed by atoms with E-state index in [-0.39, 0.29) is 24.8 Å². The van der Waals surface area contributed by atoms with Crippen LogP contribution in [0, 0.1) is 5.92 Å². The molecule has 1 fully saturated rings. The summed E-state index contributed by atoms with van der Waals surface area (Å²) in [6.45, 7) is 2.37. The number of anilines is 2. The zero-order valence-electron chi connectivity index (χ0n) is 22.0. The molecule has 2 aromatic carbocycles. The van der Waals surface area contributed by atoms with Crippen LogP contribution in [-0.2, 0) is 24.2 Å². The maximum atomic E-state index is 13.2. The van der Waals surface area contributed by atoms with Gasteiger partial charge < -0.3 is 10.4 Å². The maximum absolute atomic E-state index is 13.2. The Labute approximate surface area is 228 Å². The van der Waals surface area contributed by atoms with Gasteiger partial charge in [0.2, 0.25) is 11.8 Å². The lowest BCUT2D eigenvalue weighted by molar-refractivity contribution is -0.137. The molecule has 0 spiro atoms. The van der Waals surface area contributed by atoms with Gasteiger partial charge in [0.05, 0.1) is 12.1 Å². The molecule has 2 heterocycles. The number of benzene rings is 2. The molecule has 12 heteroatoms. The number of nitrogens with one attached hydrogen (secondary N) is 1. The van der Waals surface area contributed by atoms with Crippen molar-refractivity contribution in [2.75, 3.05) is 17.4 Å². The van der Waals surface area contributed by atoms with Crippen molar-refractivity contribution in [2.45, 2.75) is 51.6 Å². The number of hydrogen-bond donors (Lipinski definition) is 2. The Morgan fingerprint density at radius 3 is 2.40 bits per heavy atom. The first-order valence-corrected chi connectivity index (χ1v) is 12.9. The average molecular weight is 555 g/mol. The molecule has 1 aliphatic carbocycles. The Hall–Kier alpha value is -4.19. The molecule has 1 atom stereocenters. The van der Waals surface area contributed by atoms with Crippen molar-refractivity contribution in [1.82, 2.24) is 19.5 Å². The number of hydroxylamine groups is 1. The van der Waals surface area contributed by atoms with E-state index in [0.29, 0.717) is 28.8 Å². The molecule has 5 rings (SSSR count). The summed E-state index contributed by atoms with van der Waals surface area (Å²) in [5.74, 6) is -0.699. The maximum Gasteiger partial charge on any atom is 0.416 e. The van der Waals surface area contributed by atoms with E-state index < -0.39 is 23.5 Å². The standard InChI is InChI=1S/C28H29F3N6O3/c1-17(20-9-6-10-20)32-23-22-24(34-25(33-23)26(38)39)35-27(36(2)40-16-19-7-4-3-5-8-19)37(22)15-18-11-13-21(14-12-18)28(29,30)31/h3-5,7-8,11-14,17,20H,6,9-10,15-16H2,1-2H3,(H,38,39)(H,32,33,34)/t17-/m1/s1. The zero-order valence-corrected chi connectivity index (χ0v) is 22.0. The van der Waals surface area contributed by atoms with Crippen molar-refractivity contribution in [2.24, 2.45) is 5.92 Å². The smallest absolute Gasteiger partial charge is 0.416 e. The predicted octanol–water partition coefficient (Wildman–Crippen LogP) is 5.76. The van der Waals surface area contributed by atoms with Crippen molar-refractivity contribution >= 4 is 28.9 Å². The molecule has 9 nitrogen and oxygen atoms in total. The Morgan fingerprint density at radius 1 is 1.10 bits per heavy atom. The van der Waals surface area contributed by atoms with Crippen molar-refractivity contribution in [3.63, 3.8) is 0 Å². The van der Waals surface area contributed by atoms with Gasteiger partial charge in [0.25, 0.3) is 0 Å². The van der Waals surface area contributed by atoms with E-state index in [9.17, 15) is 23.1 Å².